The van der Waals surface area contributed by atoms with Crippen molar-refractivity contribution in [2.45, 2.75) is 12.5 Å². The second-order valence-electron chi connectivity index (χ2n) is 3.21. The lowest BCUT2D eigenvalue weighted by Crippen LogP contribution is -2.52. The fourth-order valence-corrected chi connectivity index (χ4v) is 1.84. The van der Waals surface area contributed by atoms with E-state index >= 15 is 0 Å². The molecule has 0 bridgehead atoms. The Kier molecular flexibility index (Phi) is 2.69. The maximum absolute atomic E-state index is 5.62. The molecular weight excluding hydrogens is 277 g/mol. The van der Waals surface area contributed by atoms with Crippen LogP contribution >= 0.6 is 22.6 Å². The summed E-state index contributed by atoms with van der Waals surface area (Å²) in [5.74, 6) is 1.06. The molecule has 1 aliphatic rings. The van der Waals surface area contributed by atoms with Crippen LogP contribution in [0.15, 0.2) is 18.3 Å². The fraction of sp³-hybridized carbons (Fsp3) is 0.444. The average molecular weight is 289 g/mol. The minimum atomic E-state index is 0.507. The van der Waals surface area contributed by atoms with Gasteiger partial charge in [0.2, 0.25) is 0 Å². The van der Waals surface area contributed by atoms with Gasteiger partial charge in [0, 0.05) is 28.9 Å². The Morgan fingerprint density at radius 2 is 2.46 bits per heavy atom. The Morgan fingerprint density at radius 1 is 1.62 bits per heavy atom. The van der Waals surface area contributed by atoms with E-state index in [1.54, 1.807) is 0 Å². The highest BCUT2D eigenvalue weighted by Crippen LogP contribution is 2.23. The molecule has 1 unspecified atom stereocenters. The molecule has 1 aliphatic heterocycles. The summed E-state index contributed by atoms with van der Waals surface area (Å²) in [6, 6.07) is 4.64. The summed E-state index contributed by atoms with van der Waals surface area (Å²) in [6.45, 7) is 1.82. The summed E-state index contributed by atoms with van der Waals surface area (Å²) in [5.41, 5.74) is 5.62. The van der Waals surface area contributed by atoms with Gasteiger partial charge >= 0.3 is 0 Å². The van der Waals surface area contributed by atoms with Gasteiger partial charge in [-0.1, -0.05) is 0 Å². The van der Waals surface area contributed by atoms with Gasteiger partial charge in [-0.25, -0.2) is 4.98 Å². The van der Waals surface area contributed by atoms with Crippen molar-refractivity contribution < 1.29 is 0 Å². The lowest BCUT2D eigenvalue weighted by atomic mass is 10.0. The van der Waals surface area contributed by atoms with Gasteiger partial charge in [0.15, 0.2) is 0 Å². The summed E-state index contributed by atoms with van der Waals surface area (Å²) in [6.07, 6.45) is 3.09. The van der Waals surface area contributed by atoms with Gasteiger partial charge in [-0.3, -0.25) is 0 Å². The Labute approximate surface area is 91.5 Å². The van der Waals surface area contributed by atoms with Gasteiger partial charge in [-0.15, -0.1) is 0 Å². The zero-order chi connectivity index (χ0) is 9.26. The summed E-state index contributed by atoms with van der Waals surface area (Å²) < 4.78 is 1.17. The number of nitrogens with two attached hydrogens (primary N) is 1. The van der Waals surface area contributed by atoms with E-state index in [9.17, 15) is 0 Å². The van der Waals surface area contributed by atoms with E-state index in [-0.39, 0.29) is 0 Å². The summed E-state index contributed by atoms with van der Waals surface area (Å²) in [4.78, 5) is 6.62. The van der Waals surface area contributed by atoms with Crippen LogP contribution in [0.4, 0.5) is 5.82 Å². The standard InChI is InChI=1S/C9H12IN3/c10-7-1-2-9(12-6-7)13-4-3-8(13)5-11/h1-2,6,8H,3-5,11H2. The van der Waals surface area contributed by atoms with Gasteiger partial charge in [0.25, 0.3) is 0 Å². The average Bonchev–Trinajstić information content (AvgIpc) is 2.08. The molecule has 0 amide bonds. The molecule has 70 valence electrons. The molecule has 0 aromatic carbocycles. The highest BCUT2D eigenvalue weighted by molar-refractivity contribution is 14.1. The van der Waals surface area contributed by atoms with Gasteiger partial charge in [0.05, 0.1) is 0 Å². The van der Waals surface area contributed by atoms with E-state index in [1.807, 2.05) is 6.20 Å². The Hall–Kier alpha value is -0.360. The first kappa shape index (κ1) is 9.21. The number of anilines is 1. The van der Waals surface area contributed by atoms with Crippen LogP contribution in [-0.2, 0) is 0 Å². The lowest BCUT2D eigenvalue weighted by Gasteiger charge is -2.41. The van der Waals surface area contributed by atoms with E-state index in [1.165, 1.54) is 9.99 Å². The zero-order valence-electron chi connectivity index (χ0n) is 7.28. The monoisotopic (exact) mass is 289 g/mol. The lowest BCUT2D eigenvalue weighted by molar-refractivity contribution is 0.452. The highest BCUT2D eigenvalue weighted by atomic mass is 127. The maximum atomic E-state index is 5.62. The molecule has 1 saturated heterocycles. The van der Waals surface area contributed by atoms with Crippen LogP contribution < -0.4 is 10.6 Å². The summed E-state index contributed by atoms with van der Waals surface area (Å²) in [5, 5.41) is 0. The molecule has 0 saturated carbocycles. The molecule has 0 spiro atoms. The van der Waals surface area contributed by atoms with Crippen molar-refractivity contribution in [1.82, 2.24) is 4.98 Å². The first-order chi connectivity index (χ1) is 6.31. The van der Waals surface area contributed by atoms with Gasteiger partial charge in [-0.2, -0.15) is 0 Å². The predicted molar refractivity (Wildman–Crippen MR) is 61.8 cm³/mol. The zero-order valence-corrected chi connectivity index (χ0v) is 9.44. The molecule has 13 heavy (non-hydrogen) atoms. The van der Waals surface area contributed by atoms with Crippen molar-refractivity contribution in [3.05, 3.63) is 21.9 Å². The Balaban J connectivity index is 2.12. The molecule has 4 heteroatoms. The number of hydrogen-bond donors (Lipinski definition) is 1. The topological polar surface area (TPSA) is 42.1 Å². The molecule has 1 aromatic heterocycles. The highest BCUT2D eigenvalue weighted by Gasteiger charge is 2.27. The quantitative estimate of drug-likeness (QED) is 0.833. The number of halogens is 1. The molecule has 0 aliphatic carbocycles. The van der Waals surface area contributed by atoms with E-state index in [2.05, 4.69) is 44.6 Å². The van der Waals surface area contributed by atoms with Crippen LogP contribution in [0.25, 0.3) is 0 Å². The first-order valence-electron chi connectivity index (χ1n) is 4.39. The number of rotatable bonds is 2. The van der Waals surface area contributed by atoms with Crippen LogP contribution in [0.1, 0.15) is 6.42 Å². The molecular formula is C9H12IN3. The number of nitrogens with zero attached hydrogens (tertiary/aromatic N) is 2. The molecule has 2 rings (SSSR count). The SMILES string of the molecule is NCC1CCN1c1ccc(I)cn1. The van der Waals surface area contributed by atoms with Crippen molar-refractivity contribution >= 4 is 28.4 Å². The van der Waals surface area contributed by atoms with Gasteiger partial charge < -0.3 is 10.6 Å². The van der Waals surface area contributed by atoms with Crippen LogP contribution in [0.5, 0.6) is 0 Å². The van der Waals surface area contributed by atoms with Crippen molar-refractivity contribution in [1.29, 1.82) is 0 Å². The molecule has 1 atom stereocenters. The minimum Gasteiger partial charge on any atom is -0.352 e. The van der Waals surface area contributed by atoms with Crippen LogP contribution in [0.3, 0.4) is 0 Å². The third-order valence-corrected chi connectivity index (χ3v) is 3.06. The second kappa shape index (κ2) is 3.79. The normalized spacial score (nSPS) is 21.4. The van der Waals surface area contributed by atoms with Crippen molar-refractivity contribution in [2.24, 2.45) is 5.73 Å². The van der Waals surface area contributed by atoms with E-state index in [4.69, 9.17) is 5.73 Å². The third kappa shape index (κ3) is 1.78. The predicted octanol–water partition coefficient (Wildman–Crippen LogP) is 1.22. The summed E-state index contributed by atoms with van der Waals surface area (Å²) in [7, 11) is 0. The smallest absolute Gasteiger partial charge is 0.128 e. The molecule has 3 nitrogen and oxygen atoms in total. The van der Waals surface area contributed by atoms with E-state index in [0.717, 1.165) is 18.9 Å². The van der Waals surface area contributed by atoms with E-state index < -0.39 is 0 Å². The molecule has 1 fully saturated rings. The molecule has 2 N–H and O–H groups in total. The molecule has 0 radical (unpaired) electrons. The Morgan fingerprint density at radius 3 is 2.92 bits per heavy atom. The Bertz CT molecular complexity index is 283. The number of aromatic nitrogens is 1. The fourth-order valence-electron chi connectivity index (χ4n) is 1.53. The third-order valence-electron chi connectivity index (χ3n) is 2.42. The van der Waals surface area contributed by atoms with Gasteiger partial charge in [0.1, 0.15) is 5.82 Å². The van der Waals surface area contributed by atoms with Gasteiger partial charge in [-0.05, 0) is 41.1 Å². The van der Waals surface area contributed by atoms with Crippen LogP contribution in [0, 0.1) is 3.57 Å². The second-order valence-corrected chi connectivity index (χ2v) is 4.45. The largest absolute Gasteiger partial charge is 0.352 e. The first-order valence-corrected chi connectivity index (χ1v) is 5.47. The maximum Gasteiger partial charge on any atom is 0.128 e. The van der Waals surface area contributed by atoms with E-state index in [0.29, 0.717) is 6.04 Å². The molecule has 1 aromatic rings. The van der Waals surface area contributed by atoms with Crippen molar-refractivity contribution in [3.63, 3.8) is 0 Å². The number of hydrogen-bond acceptors (Lipinski definition) is 3. The van der Waals surface area contributed by atoms with Crippen LogP contribution in [-0.4, -0.2) is 24.1 Å². The van der Waals surface area contributed by atoms with Crippen molar-refractivity contribution in [3.8, 4) is 0 Å². The molecule has 2 heterocycles. The minimum absolute atomic E-state index is 0.507. The van der Waals surface area contributed by atoms with Crippen LogP contribution in [0.2, 0.25) is 0 Å². The summed E-state index contributed by atoms with van der Waals surface area (Å²) >= 11 is 2.26. The number of pyridine rings is 1. The van der Waals surface area contributed by atoms with Crippen molar-refractivity contribution in [2.75, 3.05) is 18.0 Å².